The summed E-state index contributed by atoms with van der Waals surface area (Å²) in [5.41, 5.74) is 0. The van der Waals surface area contributed by atoms with Crippen molar-refractivity contribution >= 4 is 11.9 Å². The first-order valence-corrected chi connectivity index (χ1v) is 33.3. The summed E-state index contributed by atoms with van der Waals surface area (Å²) in [6.07, 6.45) is 80.5. The molecule has 0 aromatic heterocycles. The van der Waals surface area contributed by atoms with E-state index in [0.29, 0.717) is 19.4 Å². The number of carbonyl (C=O) groups is 2. The Morgan fingerprint density at radius 1 is 0.365 bits per heavy atom. The van der Waals surface area contributed by atoms with Crippen LogP contribution in [0.25, 0.3) is 0 Å². The summed E-state index contributed by atoms with van der Waals surface area (Å²) in [4.78, 5) is 24.6. The summed E-state index contributed by atoms with van der Waals surface area (Å²) in [5, 5.41) is 23.2. The number of allylic oxidation sites excluding steroid dienone is 5. The number of hydrogen-bond donors (Lipinski definition) is 3. The van der Waals surface area contributed by atoms with E-state index >= 15 is 0 Å². The molecule has 0 spiro atoms. The molecule has 0 saturated heterocycles. The molecule has 436 valence electrons. The van der Waals surface area contributed by atoms with E-state index in [2.05, 4.69) is 43.5 Å². The molecule has 1 amide bonds. The van der Waals surface area contributed by atoms with E-state index in [1.807, 2.05) is 6.08 Å². The zero-order chi connectivity index (χ0) is 53.6. The highest BCUT2D eigenvalue weighted by Crippen LogP contribution is 2.18. The van der Waals surface area contributed by atoms with E-state index in [0.717, 1.165) is 64.2 Å². The molecule has 2 atom stereocenters. The van der Waals surface area contributed by atoms with Crippen LogP contribution in [0.1, 0.15) is 361 Å². The van der Waals surface area contributed by atoms with Gasteiger partial charge in [0.05, 0.1) is 25.4 Å². The third-order valence-electron chi connectivity index (χ3n) is 15.4. The lowest BCUT2D eigenvalue weighted by Gasteiger charge is -2.20. The molecule has 0 aliphatic carbocycles. The van der Waals surface area contributed by atoms with Crippen LogP contribution < -0.4 is 5.32 Å². The summed E-state index contributed by atoms with van der Waals surface area (Å²) in [6, 6.07) is -0.640. The minimum Gasteiger partial charge on any atom is -0.466 e. The van der Waals surface area contributed by atoms with Crippen molar-refractivity contribution in [2.45, 2.75) is 373 Å². The highest BCUT2D eigenvalue weighted by molar-refractivity contribution is 5.76. The second-order valence-corrected chi connectivity index (χ2v) is 22.8. The summed E-state index contributed by atoms with van der Waals surface area (Å²) in [7, 11) is 0. The molecular formula is C68H129NO5. The number of unbranched alkanes of at least 4 members (excludes halogenated alkanes) is 47. The fourth-order valence-electron chi connectivity index (χ4n) is 10.3. The zero-order valence-corrected chi connectivity index (χ0v) is 49.8. The normalized spacial score (nSPS) is 12.8. The maximum Gasteiger partial charge on any atom is 0.305 e. The average Bonchev–Trinajstić information content (AvgIpc) is 3.40. The first-order valence-electron chi connectivity index (χ1n) is 33.3. The maximum absolute atomic E-state index is 12.5. The largest absolute Gasteiger partial charge is 0.466 e. The lowest BCUT2D eigenvalue weighted by Crippen LogP contribution is -2.45. The monoisotopic (exact) mass is 1040 g/mol. The van der Waals surface area contributed by atoms with Gasteiger partial charge >= 0.3 is 5.97 Å². The van der Waals surface area contributed by atoms with Crippen LogP contribution in [0.3, 0.4) is 0 Å². The summed E-state index contributed by atoms with van der Waals surface area (Å²) in [5.74, 6) is -0.0845. The number of carbonyl (C=O) groups excluding carboxylic acids is 2. The number of esters is 1. The summed E-state index contributed by atoms with van der Waals surface area (Å²) < 4.78 is 5.48. The van der Waals surface area contributed by atoms with Crippen molar-refractivity contribution < 1.29 is 24.5 Å². The van der Waals surface area contributed by atoms with Crippen molar-refractivity contribution in [3.8, 4) is 0 Å². The van der Waals surface area contributed by atoms with Crippen molar-refractivity contribution in [1.82, 2.24) is 5.32 Å². The molecular weight excluding hydrogens is 911 g/mol. The van der Waals surface area contributed by atoms with Gasteiger partial charge in [-0.05, 0) is 83.5 Å². The van der Waals surface area contributed by atoms with Crippen LogP contribution in [0.4, 0.5) is 0 Å². The minimum atomic E-state index is -0.855. The van der Waals surface area contributed by atoms with E-state index in [1.165, 1.54) is 270 Å². The second-order valence-electron chi connectivity index (χ2n) is 22.8. The van der Waals surface area contributed by atoms with Gasteiger partial charge in [0.1, 0.15) is 0 Å². The molecule has 0 bridgehead atoms. The molecule has 0 radical (unpaired) electrons. The van der Waals surface area contributed by atoms with Crippen molar-refractivity contribution in [2.75, 3.05) is 13.2 Å². The van der Waals surface area contributed by atoms with Gasteiger partial charge in [0.15, 0.2) is 0 Å². The van der Waals surface area contributed by atoms with Crippen LogP contribution in [0.15, 0.2) is 36.5 Å². The Morgan fingerprint density at radius 3 is 0.959 bits per heavy atom. The Kier molecular flexibility index (Phi) is 62.0. The quantitative estimate of drug-likeness (QED) is 0.0320. The highest BCUT2D eigenvalue weighted by Gasteiger charge is 2.18. The first kappa shape index (κ1) is 72.1. The predicted octanol–water partition coefficient (Wildman–Crippen LogP) is 21.1. The molecule has 2 unspecified atom stereocenters. The van der Waals surface area contributed by atoms with Gasteiger partial charge in [-0.1, -0.05) is 301 Å². The molecule has 0 heterocycles. The van der Waals surface area contributed by atoms with E-state index in [-0.39, 0.29) is 18.5 Å². The van der Waals surface area contributed by atoms with Gasteiger partial charge in [-0.15, -0.1) is 0 Å². The number of amides is 1. The third kappa shape index (κ3) is 59.3. The van der Waals surface area contributed by atoms with Crippen LogP contribution in [0.5, 0.6) is 0 Å². The van der Waals surface area contributed by atoms with Gasteiger partial charge in [-0.3, -0.25) is 9.59 Å². The second kappa shape index (κ2) is 63.6. The summed E-state index contributed by atoms with van der Waals surface area (Å²) >= 11 is 0. The zero-order valence-electron chi connectivity index (χ0n) is 49.8. The van der Waals surface area contributed by atoms with Gasteiger partial charge < -0.3 is 20.3 Å². The molecule has 6 heteroatoms. The summed E-state index contributed by atoms with van der Waals surface area (Å²) in [6.45, 7) is 4.91. The maximum atomic E-state index is 12.5. The van der Waals surface area contributed by atoms with Crippen molar-refractivity contribution in [3.63, 3.8) is 0 Å². The number of aliphatic hydroxyl groups is 2. The van der Waals surface area contributed by atoms with Gasteiger partial charge in [0.25, 0.3) is 0 Å². The Morgan fingerprint density at radius 2 is 0.635 bits per heavy atom. The molecule has 3 N–H and O–H groups in total. The minimum absolute atomic E-state index is 0.00531. The third-order valence-corrected chi connectivity index (χ3v) is 15.4. The van der Waals surface area contributed by atoms with Crippen LogP contribution in [-0.2, 0) is 14.3 Å². The fraction of sp³-hybridized carbons (Fsp3) is 0.882. The Bertz CT molecular complexity index is 1200. The molecule has 0 aliphatic rings. The highest BCUT2D eigenvalue weighted by atomic mass is 16.5. The topological polar surface area (TPSA) is 95.9 Å². The standard InChI is InChI=1S/C68H129NO5/c1-3-5-7-9-11-13-15-17-19-20-21-22-23-24-25-26-29-33-36-40-44-48-52-56-60-66(71)65(64-70)69-67(72)61-57-53-49-45-41-37-34-30-27-28-31-35-39-43-47-51-55-59-63-74-68(73)62-58-54-50-46-42-38-32-18-16-14-12-10-8-6-4-2/h18,30,32,34,56,60,65-66,70-71H,3-17,19-29,31,33,35-55,57-59,61-64H2,1-2H3,(H,69,72)/b32-18-,34-30-,60-56+. The molecule has 0 fully saturated rings. The van der Waals surface area contributed by atoms with Crippen LogP contribution in [-0.4, -0.2) is 47.4 Å². The molecule has 0 aromatic carbocycles. The van der Waals surface area contributed by atoms with Gasteiger partial charge in [0, 0.05) is 12.8 Å². The molecule has 0 rings (SSSR count). The van der Waals surface area contributed by atoms with Gasteiger partial charge in [-0.25, -0.2) is 0 Å². The van der Waals surface area contributed by atoms with E-state index in [9.17, 15) is 19.8 Å². The van der Waals surface area contributed by atoms with Crippen LogP contribution in [0.2, 0.25) is 0 Å². The molecule has 74 heavy (non-hydrogen) atoms. The predicted molar refractivity (Wildman–Crippen MR) is 324 cm³/mol. The molecule has 0 saturated carbocycles. The Balaban J connectivity index is 3.48. The van der Waals surface area contributed by atoms with Crippen molar-refractivity contribution in [1.29, 1.82) is 0 Å². The Labute approximate surface area is 462 Å². The lowest BCUT2D eigenvalue weighted by atomic mass is 10.0. The van der Waals surface area contributed by atoms with E-state index in [1.54, 1.807) is 6.08 Å². The Hall–Kier alpha value is -1.92. The van der Waals surface area contributed by atoms with Crippen LogP contribution in [0, 0.1) is 0 Å². The van der Waals surface area contributed by atoms with Crippen molar-refractivity contribution in [2.24, 2.45) is 0 Å². The number of aliphatic hydroxyl groups excluding tert-OH is 2. The van der Waals surface area contributed by atoms with Gasteiger partial charge in [0.2, 0.25) is 5.91 Å². The number of rotatable bonds is 62. The van der Waals surface area contributed by atoms with Gasteiger partial charge in [-0.2, -0.15) is 0 Å². The number of hydrogen-bond acceptors (Lipinski definition) is 5. The SMILES string of the molecule is CCCCCCCC/C=C\CCCCCCCC(=O)OCCCCCCCCCCC/C=C\CCCCCCCC(=O)NC(CO)C(O)/C=C/CCCCCCCCCCCCCCCCCCCCCCCC. The number of ether oxygens (including phenoxy) is 1. The molecule has 0 aromatic rings. The first-order chi connectivity index (χ1) is 36.5. The fourth-order valence-corrected chi connectivity index (χ4v) is 10.3. The van der Waals surface area contributed by atoms with E-state index < -0.39 is 12.1 Å². The van der Waals surface area contributed by atoms with Crippen LogP contribution >= 0.6 is 0 Å². The smallest absolute Gasteiger partial charge is 0.305 e. The molecule has 0 aliphatic heterocycles. The lowest BCUT2D eigenvalue weighted by molar-refractivity contribution is -0.143. The van der Waals surface area contributed by atoms with E-state index in [4.69, 9.17) is 4.74 Å². The number of nitrogens with one attached hydrogen (secondary N) is 1. The average molecular weight is 1040 g/mol. The van der Waals surface area contributed by atoms with Crippen molar-refractivity contribution in [3.05, 3.63) is 36.5 Å². The molecule has 6 nitrogen and oxygen atoms in total.